The summed E-state index contributed by atoms with van der Waals surface area (Å²) in [7, 11) is -9.57. The van der Waals surface area contributed by atoms with Gasteiger partial charge in [-0.2, -0.15) is 16.8 Å². The number of hydrogen-bond acceptors (Lipinski definition) is 6. The molecule has 0 saturated heterocycles. The van der Waals surface area contributed by atoms with E-state index >= 15 is 0 Å². The van der Waals surface area contributed by atoms with Crippen LogP contribution in [0.2, 0.25) is 0 Å². The lowest BCUT2D eigenvalue weighted by Crippen LogP contribution is -2.36. The van der Waals surface area contributed by atoms with Gasteiger partial charge in [-0.05, 0) is 35.5 Å². The van der Waals surface area contributed by atoms with Crippen molar-refractivity contribution < 1.29 is 36.2 Å². The smallest absolute Gasteiger partial charge is 0.302 e. The number of allylic oxidation sites excluding steroid dienone is 4. The lowest BCUT2D eigenvalue weighted by molar-refractivity contribution is 0.206. The fraction of sp³-hybridized carbons (Fsp3) is 0.200. The fourth-order valence-corrected chi connectivity index (χ4v) is 2.98. The third-order valence-corrected chi connectivity index (χ3v) is 4.87. The summed E-state index contributed by atoms with van der Waals surface area (Å²) in [6.45, 7) is 0. The Morgan fingerprint density at radius 2 is 1.70 bits per heavy atom. The molecule has 0 spiro atoms. The van der Waals surface area contributed by atoms with Gasteiger partial charge in [0, 0.05) is 0 Å². The minimum atomic E-state index is -4.88. The first kappa shape index (κ1) is 15.1. The second kappa shape index (κ2) is 4.35. The lowest BCUT2D eigenvalue weighted by atomic mass is 9.92. The normalized spacial score (nSPS) is 30.2. The highest BCUT2D eigenvalue weighted by atomic mass is 32.2. The molecular weight excluding hydrogens is 312 g/mol. The molecule has 10 heteroatoms. The molecule has 0 aliphatic heterocycles. The van der Waals surface area contributed by atoms with Gasteiger partial charge in [0.05, 0.1) is 0 Å². The Morgan fingerprint density at radius 3 is 2.20 bits per heavy atom. The maximum atomic E-state index is 11.1. The molecule has 0 aromatic rings. The van der Waals surface area contributed by atoms with Gasteiger partial charge in [0.2, 0.25) is 4.93 Å². The molecule has 0 radical (unpaired) electrons. The molecule has 0 amide bonds. The highest BCUT2D eigenvalue weighted by Gasteiger charge is 2.40. The molecule has 0 heterocycles. The third-order valence-electron chi connectivity index (χ3n) is 2.84. The van der Waals surface area contributed by atoms with E-state index in [1.165, 1.54) is 0 Å². The van der Waals surface area contributed by atoms with E-state index in [2.05, 4.69) is 0 Å². The predicted octanol–water partition coefficient (Wildman–Crippen LogP) is -0.868. The van der Waals surface area contributed by atoms with Crippen LogP contribution < -0.4 is 0 Å². The number of aliphatic hydroxyl groups is 2. The molecule has 0 saturated carbocycles. The molecule has 8 nitrogen and oxygen atoms in total. The summed E-state index contributed by atoms with van der Waals surface area (Å²) in [5.74, 6) is 0. The van der Waals surface area contributed by atoms with Crippen LogP contribution in [0.1, 0.15) is 0 Å². The van der Waals surface area contributed by atoms with Crippen molar-refractivity contribution in [1.29, 1.82) is 0 Å². The molecule has 2 rings (SSSR count). The van der Waals surface area contributed by atoms with Crippen molar-refractivity contribution in [2.45, 2.75) is 11.0 Å². The van der Waals surface area contributed by atoms with Gasteiger partial charge in [-0.3, -0.25) is 9.11 Å². The van der Waals surface area contributed by atoms with Crippen LogP contribution in [0, 0.1) is 0 Å². The van der Waals surface area contributed by atoms with E-state index in [0.717, 1.165) is 24.3 Å². The third kappa shape index (κ3) is 2.49. The minimum absolute atomic E-state index is 0.0782. The van der Waals surface area contributed by atoms with Gasteiger partial charge in [-0.15, -0.1) is 0 Å². The van der Waals surface area contributed by atoms with Crippen LogP contribution in [0.15, 0.2) is 46.4 Å². The van der Waals surface area contributed by atoms with E-state index < -0.39 is 36.2 Å². The van der Waals surface area contributed by atoms with Gasteiger partial charge in [-0.25, -0.2) is 0 Å². The van der Waals surface area contributed by atoms with Crippen LogP contribution in [0.5, 0.6) is 0 Å². The van der Waals surface area contributed by atoms with Gasteiger partial charge >= 0.3 is 10.1 Å². The zero-order valence-electron chi connectivity index (χ0n) is 9.70. The first-order valence-corrected chi connectivity index (χ1v) is 8.03. The molecule has 20 heavy (non-hydrogen) atoms. The molecule has 2 aliphatic rings. The summed E-state index contributed by atoms with van der Waals surface area (Å²) >= 11 is 0. The van der Waals surface area contributed by atoms with Crippen LogP contribution in [0.3, 0.4) is 0 Å². The zero-order valence-corrected chi connectivity index (χ0v) is 11.3. The standard InChI is InChI=1S/C10H10O8S2/c11-8-3-6-1-2-10(12,20(16,17)18)5-7(6)4-9(8)19(13,14)15/h1-5,8,11-12H,(H,13,14,15)(H,16,17,18). The first-order valence-electron chi connectivity index (χ1n) is 5.15. The fourth-order valence-electron chi connectivity index (χ4n) is 1.81. The van der Waals surface area contributed by atoms with Crippen molar-refractivity contribution in [3.05, 3.63) is 46.4 Å². The van der Waals surface area contributed by atoms with E-state index in [9.17, 15) is 27.0 Å². The SMILES string of the molecule is O=S(=O)(O)C1=CC2=CC(O)(S(=O)(=O)O)C=CC2=CC1O. The van der Waals surface area contributed by atoms with Gasteiger partial charge in [0.1, 0.15) is 11.0 Å². The highest BCUT2D eigenvalue weighted by Crippen LogP contribution is 2.34. The monoisotopic (exact) mass is 322 g/mol. The van der Waals surface area contributed by atoms with Crippen LogP contribution in [-0.4, -0.2) is 47.2 Å². The van der Waals surface area contributed by atoms with E-state index in [-0.39, 0.29) is 11.1 Å². The Balaban J connectivity index is 2.61. The van der Waals surface area contributed by atoms with Crippen LogP contribution in [-0.2, 0) is 20.2 Å². The van der Waals surface area contributed by atoms with Crippen LogP contribution in [0.25, 0.3) is 0 Å². The van der Waals surface area contributed by atoms with E-state index in [1.807, 2.05) is 0 Å². The zero-order chi connectivity index (χ0) is 15.3. The molecule has 0 bridgehead atoms. The molecule has 0 fully saturated rings. The summed E-state index contributed by atoms with van der Waals surface area (Å²) in [4.78, 5) is -3.47. The summed E-state index contributed by atoms with van der Waals surface area (Å²) in [6, 6.07) is 0. The van der Waals surface area contributed by atoms with E-state index in [0.29, 0.717) is 6.08 Å². The minimum Gasteiger partial charge on any atom is -0.383 e. The van der Waals surface area contributed by atoms with Crippen molar-refractivity contribution in [2.24, 2.45) is 0 Å². The molecular formula is C10H10O8S2. The Kier molecular flexibility index (Phi) is 3.28. The molecule has 4 N–H and O–H groups in total. The molecule has 0 aromatic carbocycles. The number of fused-ring (bicyclic) bond motifs is 1. The lowest BCUT2D eigenvalue weighted by Gasteiger charge is -2.26. The van der Waals surface area contributed by atoms with Crippen LogP contribution in [0.4, 0.5) is 0 Å². The average molecular weight is 322 g/mol. The van der Waals surface area contributed by atoms with Gasteiger partial charge in [-0.1, -0.05) is 6.08 Å². The topological polar surface area (TPSA) is 149 Å². The average Bonchev–Trinajstić information content (AvgIpc) is 2.26. The summed E-state index contributed by atoms with van der Waals surface area (Å²) < 4.78 is 62.1. The summed E-state index contributed by atoms with van der Waals surface area (Å²) in [6.07, 6.45) is 2.84. The Morgan fingerprint density at radius 1 is 1.10 bits per heavy atom. The quantitative estimate of drug-likeness (QED) is 0.479. The number of aliphatic hydroxyl groups excluding tert-OH is 1. The summed E-state index contributed by atoms with van der Waals surface area (Å²) in [5, 5.41) is 19.3. The van der Waals surface area contributed by atoms with E-state index in [4.69, 9.17) is 9.11 Å². The molecule has 0 aromatic heterocycles. The van der Waals surface area contributed by atoms with Gasteiger partial charge < -0.3 is 10.2 Å². The van der Waals surface area contributed by atoms with Crippen LogP contribution >= 0.6 is 0 Å². The van der Waals surface area contributed by atoms with E-state index in [1.54, 1.807) is 0 Å². The largest absolute Gasteiger partial charge is 0.383 e. The predicted molar refractivity (Wildman–Crippen MR) is 67.4 cm³/mol. The molecule has 2 aliphatic carbocycles. The number of hydrogen-bond donors (Lipinski definition) is 4. The van der Waals surface area contributed by atoms with Crippen molar-refractivity contribution in [1.82, 2.24) is 0 Å². The maximum Gasteiger partial charge on any atom is 0.302 e. The highest BCUT2D eigenvalue weighted by molar-refractivity contribution is 7.89. The van der Waals surface area contributed by atoms with Crippen molar-refractivity contribution in [2.75, 3.05) is 0 Å². The Labute approximate surface area is 114 Å². The summed E-state index contributed by atoms with van der Waals surface area (Å²) in [5.41, 5.74) is 0.156. The van der Waals surface area contributed by atoms with Gasteiger partial charge in [0.15, 0.2) is 0 Å². The first-order chi connectivity index (χ1) is 8.94. The molecule has 110 valence electrons. The molecule has 2 unspecified atom stereocenters. The number of rotatable bonds is 2. The van der Waals surface area contributed by atoms with Crippen molar-refractivity contribution in [3.8, 4) is 0 Å². The van der Waals surface area contributed by atoms with Crippen molar-refractivity contribution in [3.63, 3.8) is 0 Å². The Hall–Kier alpha value is -1.30. The maximum absolute atomic E-state index is 11.1. The Bertz CT molecular complexity index is 781. The van der Waals surface area contributed by atoms with Gasteiger partial charge in [0.25, 0.3) is 10.1 Å². The second-order valence-corrected chi connectivity index (χ2v) is 7.27. The molecule has 2 atom stereocenters. The second-order valence-electron chi connectivity index (χ2n) is 4.25. The van der Waals surface area contributed by atoms with Crippen molar-refractivity contribution >= 4 is 20.2 Å².